The summed E-state index contributed by atoms with van der Waals surface area (Å²) >= 11 is 13.6. The first kappa shape index (κ1) is 23.0. The zero-order valence-electron chi connectivity index (χ0n) is 16.6. The predicted octanol–water partition coefficient (Wildman–Crippen LogP) is 5.06. The number of hydrogen-bond acceptors (Lipinski definition) is 6. The molecule has 0 aliphatic carbocycles. The number of halogens is 2. The Hall–Kier alpha value is -2.68. The van der Waals surface area contributed by atoms with Crippen molar-refractivity contribution >= 4 is 63.8 Å². The minimum Gasteiger partial charge on any atom is -0.490 e. The van der Waals surface area contributed by atoms with Gasteiger partial charge in [-0.1, -0.05) is 29.3 Å². The van der Waals surface area contributed by atoms with E-state index in [1.54, 1.807) is 37.3 Å². The second-order valence-electron chi connectivity index (χ2n) is 6.31. The Morgan fingerprint density at radius 2 is 2.03 bits per heavy atom. The number of amidine groups is 1. The third kappa shape index (κ3) is 5.72. The summed E-state index contributed by atoms with van der Waals surface area (Å²) in [6, 6.07) is 8.57. The highest BCUT2D eigenvalue weighted by atomic mass is 35.5. The van der Waals surface area contributed by atoms with E-state index in [0.717, 1.165) is 5.56 Å². The quantitative estimate of drug-likeness (QED) is 0.537. The van der Waals surface area contributed by atoms with E-state index in [9.17, 15) is 9.59 Å². The number of amides is 1. The number of rotatable bonds is 7. The highest BCUT2D eigenvalue weighted by Crippen LogP contribution is 2.38. The molecule has 0 bridgehead atoms. The molecule has 1 amide bonds. The van der Waals surface area contributed by atoms with Crippen LogP contribution in [0, 0.1) is 6.92 Å². The van der Waals surface area contributed by atoms with Gasteiger partial charge in [-0.25, -0.2) is 9.79 Å². The molecule has 1 fully saturated rings. The molecule has 1 aliphatic heterocycles. The van der Waals surface area contributed by atoms with Gasteiger partial charge in [0.05, 0.1) is 22.2 Å². The van der Waals surface area contributed by atoms with Gasteiger partial charge in [0.2, 0.25) is 0 Å². The van der Waals surface area contributed by atoms with Gasteiger partial charge in [0, 0.05) is 5.02 Å². The molecule has 0 saturated carbocycles. The Bertz CT molecular complexity index is 1100. The summed E-state index contributed by atoms with van der Waals surface area (Å²) in [6.45, 7) is 3.40. The van der Waals surface area contributed by atoms with Gasteiger partial charge in [-0.2, -0.15) is 0 Å². The zero-order chi connectivity index (χ0) is 22.5. The number of hydrogen-bond donors (Lipinski definition) is 2. The van der Waals surface area contributed by atoms with E-state index in [-0.39, 0.29) is 22.4 Å². The van der Waals surface area contributed by atoms with Gasteiger partial charge >= 0.3 is 5.97 Å². The molecule has 0 radical (unpaired) electrons. The third-order valence-electron chi connectivity index (χ3n) is 4.08. The monoisotopic (exact) mass is 480 g/mol. The highest BCUT2D eigenvalue weighted by Gasteiger charge is 2.24. The number of benzene rings is 2. The molecular weight excluding hydrogens is 463 g/mol. The first-order valence-corrected chi connectivity index (χ1v) is 10.7. The van der Waals surface area contributed by atoms with E-state index in [2.05, 4.69) is 10.3 Å². The van der Waals surface area contributed by atoms with Gasteiger partial charge < -0.3 is 19.9 Å². The van der Waals surface area contributed by atoms with E-state index in [4.69, 9.17) is 37.8 Å². The number of carbonyl (C=O) groups excluding carboxylic acids is 1. The minimum atomic E-state index is -1.13. The van der Waals surface area contributed by atoms with Gasteiger partial charge in [-0.05, 0) is 67.1 Å². The van der Waals surface area contributed by atoms with Crippen molar-refractivity contribution in [3.63, 3.8) is 0 Å². The maximum atomic E-state index is 12.4. The molecule has 1 heterocycles. The van der Waals surface area contributed by atoms with Crippen LogP contribution in [0.4, 0.5) is 5.69 Å². The summed E-state index contributed by atoms with van der Waals surface area (Å²) < 4.78 is 10.8. The molecule has 10 heteroatoms. The van der Waals surface area contributed by atoms with Crippen molar-refractivity contribution in [2.75, 3.05) is 13.2 Å². The largest absolute Gasteiger partial charge is 0.490 e. The molecule has 1 saturated heterocycles. The third-order valence-corrected chi connectivity index (χ3v) is 5.68. The van der Waals surface area contributed by atoms with E-state index >= 15 is 0 Å². The standard InChI is InChI=1S/C21H18Cl2N2O5S/c1-3-29-16-8-12(7-14(23)19(16)30-10-18(26)27)9-17-20(28)25-21(31-17)24-15-6-4-5-13(22)11(15)2/h4-9H,3,10H2,1-2H3,(H,26,27)(H,24,25,28)/b17-9+. The van der Waals surface area contributed by atoms with Crippen LogP contribution in [0.3, 0.4) is 0 Å². The van der Waals surface area contributed by atoms with Crippen LogP contribution in [-0.2, 0) is 9.59 Å². The second kappa shape index (κ2) is 10.1. The van der Waals surface area contributed by atoms with Crippen molar-refractivity contribution in [2.24, 2.45) is 4.99 Å². The molecule has 0 atom stereocenters. The average molecular weight is 481 g/mol. The number of ether oxygens (including phenoxy) is 2. The second-order valence-corrected chi connectivity index (χ2v) is 8.16. The molecule has 1 aliphatic rings. The summed E-state index contributed by atoms with van der Waals surface area (Å²) in [5.41, 5.74) is 2.07. The summed E-state index contributed by atoms with van der Waals surface area (Å²) in [5.74, 6) is -1.01. The number of carboxylic acid groups (broad SMARTS) is 1. The molecular formula is C21H18Cl2N2O5S. The fourth-order valence-corrected chi connectivity index (χ4v) is 3.94. The van der Waals surface area contributed by atoms with Gasteiger partial charge in [0.1, 0.15) is 0 Å². The molecule has 2 aromatic carbocycles. The van der Waals surface area contributed by atoms with E-state index in [0.29, 0.717) is 33.0 Å². The number of thioether (sulfide) groups is 1. The summed E-state index contributed by atoms with van der Waals surface area (Å²) in [4.78, 5) is 28.1. The van der Waals surface area contributed by atoms with Crippen molar-refractivity contribution in [3.8, 4) is 11.5 Å². The van der Waals surface area contributed by atoms with Gasteiger partial charge in [0.15, 0.2) is 23.3 Å². The van der Waals surface area contributed by atoms with Crippen LogP contribution in [0.15, 0.2) is 40.2 Å². The number of aliphatic imine (C=N–C) groups is 1. The predicted molar refractivity (Wildman–Crippen MR) is 123 cm³/mol. The molecule has 0 spiro atoms. The van der Waals surface area contributed by atoms with E-state index in [1.807, 2.05) is 13.0 Å². The van der Waals surface area contributed by atoms with Gasteiger partial charge in [-0.15, -0.1) is 0 Å². The lowest BCUT2D eigenvalue weighted by Gasteiger charge is -2.13. The zero-order valence-corrected chi connectivity index (χ0v) is 18.9. The van der Waals surface area contributed by atoms with Crippen LogP contribution < -0.4 is 14.8 Å². The SMILES string of the molecule is CCOc1cc(/C=C2/SC(=Nc3cccc(Cl)c3C)NC2=O)cc(Cl)c1OCC(=O)O. The van der Waals surface area contributed by atoms with E-state index in [1.165, 1.54) is 11.8 Å². The van der Waals surface area contributed by atoms with Crippen LogP contribution in [-0.4, -0.2) is 35.4 Å². The Balaban J connectivity index is 1.88. The Morgan fingerprint density at radius 1 is 1.26 bits per heavy atom. The Labute approximate surface area is 193 Å². The number of nitrogens with zero attached hydrogens (tertiary/aromatic N) is 1. The summed E-state index contributed by atoms with van der Waals surface area (Å²) in [7, 11) is 0. The smallest absolute Gasteiger partial charge is 0.341 e. The lowest BCUT2D eigenvalue weighted by molar-refractivity contribution is -0.139. The Morgan fingerprint density at radius 3 is 2.74 bits per heavy atom. The molecule has 2 aromatic rings. The number of nitrogens with one attached hydrogen (secondary N) is 1. The molecule has 0 aromatic heterocycles. The van der Waals surface area contributed by atoms with Crippen LogP contribution in [0.5, 0.6) is 11.5 Å². The minimum absolute atomic E-state index is 0.135. The molecule has 7 nitrogen and oxygen atoms in total. The molecule has 162 valence electrons. The maximum absolute atomic E-state index is 12.4. The lowest BCUT2D eigenvalue weighted by atomic mass is 10.2. The van der Waals surface area contributed by atoms with Crippen molar-refractivity contribution in [1.82, 2.24) is 5.32 Å². The van der Waals surface area contributed by atoms with Crippen LogP contribution in [0.25, 0.3) is 6.08 Å². The first-order chi connectivity index (χ1) is 14.8. The maximum Gasteiger partial charge on any atom is 0.341 e. The number of carboxylic acids is 1. The normalized spacial score (nSPS) is 15.9. The number of aliphatic carboxylic acids is 1. The van der Waals surface area contributed by atoms with Crippen LogP contribution in [0.2, 0.25) is 10.0 Å². The van der Waals surface area contributed by atoms with Gasteiger partial charge in [-0.3, -0.25) is 4.79 Å². The Kier molecular flexibility index (Phi) is 7.48. The molecule has 31 heavy (non-hydrogen) atoms. The van der Waals surface area contributed by atoms with Crippen LogP contribution in [0.1, 0.15) is 18.1 Å². The topological polar surface area (TPSA) is 97.2 Å². The highest BCUT2D eigenvalue weighted by molar-refractivity contribution is 8.18. The molecule has 2 N–H and O–H groups in total. The van der Waals surface area contributed by atoms with Crippen molar-refractivity contribution in [2.45, 2.75) is 13.8 Å². The van der Waals surface area contributed by atoms with Crippen LogP contribution >= 0.6 is 35.0 Å². The molecule has 3 rings (SSSR count). The van der Waals surface area contributed by atoms with Crippen molar-refractivity contribution in [3.05, 3.63) is 56.4 Å². The number of carbonyl (C=O) groups is 2. The summed E-state index contributed by atoms with van der Waals surface area (Å²) in [5, 5.41) is 12.8. The first-order valence-electron chi connectivity index (χ1n) is 9.14. The summed E-state index contributed by atoms with van der Waals surface area (Å²) in [6.07, 6.45) is 1.64. The fourth-order valence-electron chi connectivity index (χ4n) is 2.67. The van der Waals surface area contributed by atoms with Crippen molar-refractivity contribution < 1.29 is 24.2 Å². The van der Waals surface area contributed by atoms with Crippen molar-refractivity contribution in [1.29, 1.82) is 0 Å². The lowest BCUT2D eigenvalue weighted by Crippen LogP contribution is -2.19. The van der Waals surface area contributed by atoms with Gasteiger partial charge in [0.25, 0.3) is 5.91 Å². The average Bonchev–Trinajstić information content (AvgIpc) is 3.03. The van der Waals surface area contributed by atoms with E-state index < -0.39 is 12.6 Å². The molecule has 0 unspecified atom stereocenters. The fraction of sp³-hybridized carbons (Fsp3) is 0.190.